The Labute approximate surface area is 74.5 Å². The number of carboxylic acids is 2. The maximum atomic E-state index is 10.7. The maximum Gasteiger partial charge on any atom is 0.336 e. The van der Waals surface area contributed by atoms with Crippen molar-refractivity contribution in [3.05, 3.63) is 35.5 Å². The molecule has 0 bridgehead atoms. The molecule has 68 valence electrons. The molecule has 0 saturated heterocycles. The zero-order chi connectivity index (χ0) is 10.0. The highest BCUT2D eigenvalue weighted by Gasteiger charge is 2.22. The second kappa shape index (κ2) is 3.26. The van der Waals surface area contributed by atoms with Crippen LogP contribution in [0.2, 0.25) is 0 Å². The average Bonchev–Trinajstić information content (AvgIpc) is 2.02. The molecule has 4 heteroatoms. The van der Waals surface area contributed by atoms with Gasteiger partial charge in [-0.2, -0.15) is 0 Å². The summed E-state index contributed by atoms with van der Waals surface area (Å²) in [4.78, 5) is 21.3. The van der Waals surface area contributed by atoms with Gasteiger partial charge in [0.05, 0.1) is 11.1 Å². The van der Waals surface area contributed by atoms with E-state index in [4.69, 9.17) is 10.2 Å². The third-order valence-corrected chi connectivity index (χ3v) is 1.72. The molecule has 2 N–H and O–H groups in total. The molecular weight excluding hydrogens is 172 g/mol. The molecule has 1 aliphatic rings. The molecule has 0 heterocycles. The second-order valence-electron chi connectivity index (χ2n) is 2.61. The Hall–Kier alpha value is -1.84. The Morgan fingerprint density at radius 3 is 2.31 bits per heavy atom. The van der Waals surface area contributed by atoms with Gasteiger partial charge in [0.25, 0.3) is 0 Å². The number of carbonyl (C=O) groups is 2. The van der Waals surface area contributed by atoms with Gasteiger partial charge < -0.3 is 10.2 Å². The van der Waals surface area contributed by atoms with Crippen LogP contribution in [-0.2, 0) is 9.59 Å². The van der Waals surface area contributed by atoms with Crippen molar-refractivity contribution in [2.24, 2.45) is 0 Å². The molecule has 0 saturated carbocycles. The zero-order valence-corrected chi connectivity index (χ0v) is 6.78. The number of hydrogen-bond donors (Lipinski definition) is 2. The number of allylic oxidation sites excluding steroid dienone is 1. The lowest BCUT2D eigenvalue weighted by atomic mass is 9.93. The fourth-order valence-corrected chi connectivity index (χ4v) is 1.14. The molecule has 4 nitrogen and oxygen atoms in total. The summed E-state index contributed by atoms with van der Waals surface area (Å²) in [6.45, 7) is 3.50. The van der Waals surface area contributed by atoms with E-state index in [-0.39, 0.29) is 11.1 Å². The molecule has 0 aliphatic heterocycles. The summed E-state index contributed by atoms with van der Waals surface area (Å²) in [6, 6.07) is 0. The molecule has 0 radical (unpaired) electrons. The highest BCUT2D eigenvalue weighted by Crippen LogP contribution is 2.23. The van der Waals surface area contributed by atoms with Gasteiger partial charge >= 0.3 is 11.9 Å². The van der Waals surface area contributed by atoms with Crippen molar-refractivity contribution in [3.63, 3.8) is 0 Å². The normalized spacial score (nSPS) is 16.2. The molecule has 1 rings (SSSR count). The van der Waals surface area contributed by atoms with Crippen LogP contribution in [0.5, 0.6) is 0 Å². The van der Waals surface area contributed by atoms with E-state index in [1.54, 1.807) is 6.08 Å². The topological polar surface area (TPSA) is 74.6 Å². The highest BCUT2D eigenvalue weighted by molar-refractivity contribution is 6.04. The SMILES string of the molecule is C=C1CC=CC(C(=O)O)=C1C(=O)O. The Bertz CT molecular complexity index is 347. The van der Waals surface area contributed by atoms with E-state index < -0.39 is 11.9 Å². The summed E-state index contributed by atoms with van der Waals surface area (Å²) in [5.74, 6) is -2.48. The standard InChI is InChI=1S/C9H8O4/c1-5-3-2-4-6(8(10)11)7(5)9(12)13/h2,4H,1,3H2,(H,10,11)(H,12,13). The summed E-state index contributed by atoms with van der Waals surface area (Å²) < 4.78 is 0. The van der Waals surface area contributed by atoms with E-state index in [1.807, 2.05) is 0 Å². The number of rotatable bonds is 2. The molecule has 0 atom stereocenters. The van der Waals surface area contributed by atoms with Gasteiger partial charge in [-0.3, -0.25) is 0 Å². The molecule has 0 unspecified atom stereocenters. The number of carboxylic acid groups (broad SMARTS) is 2. The lowest BCUT2D eigenvalue weighted by molar-refractivity contribution is -0.135. The van der Waals surface area contributed by atoms with Crippen LogP contribution in [0.3, 0.4) is 0 Å². The minimum atomic E-state index is -1.24. The molecule has 0 aromatic carbocycles. The first-order chi connectivity index (χ1) is 6.04. The number of aliphatic carboxylic acids is 2. The second-order valence-corrected chi connectivity index (χ2v) is 2.61. The van der Waals surface area contributed by atoms with Crippen molar-refractivity contribution >= 4 is 11.9 Å². The first-order valence-electron chi connectivity index (χ1n) is 3.59. The van der Waals surface area contributed by atoms with Crippen molar-refractivity contribution in [1.29, 1.82) is 0 Å². The Morgan fingerprint density at radius 1 is 1.31 bits per heavy atom. The lowest BCUT2D eigenvalue weighted by Crippen LogP contribution is -2.13. The van der Waals surface area contributed by atoms with E-state index in [9.17, 15) is 9.59 Å². The van der Waals surface area contributed by atoms with Gasteiger partial charge in [0.2, 0.25) is 0 Å². The molecule has 1 aliphatic carbocycles. The van der Waals surface area contributed by atoms with E-state index in [0.29, 0.717) is 12.0 Å². The maximum absolute atomic E-state index is 10.7. The minimum absolute atomic E-state index is 0.199. The van der Waals surface area contributed by atoms with Crippen molar-refractivity contribution in [2.75, 3.05) is 0 Å². The van der Waals surface area contributed by atoms with Crippen LogP contribution >= 0.6 is 0 Å². The quantitative estimate of drug-likeness (QED) is 0.663. The fraction of sp³-hybridized carbons (Fsp3) is 0.111. The predicted octanol–water partition coefficient (Wildman–Crippen LogP) is 0.968. The molecular formula is C9H8O4. The van der Waals surface area contributed by atoms with Crippen LogP contribution in [0, 0.1) is 0 Å². The fourth-order valence-electron chi connectivity index (χ4n) is 1.14. The van der Waals surface area contributed by atoms with Gasteiger partial charge in [-0.25, -0.2) is 9.59 Å². The summed E-state index contributed by atoms with van der Waals surface area (Å²) in [5.41, 5.74) is -0.0776. The van der Waals surface area contributed by atoms with Crippen molar-refractivity contribution < 1.29 is 19.8 Å². The van der Waals surface area contributed by atoms with E-state index in [0.717, 1.165) is 0 Å². The molecule has 0 aromatic heterocycles. The van der Waals surface area contributed by atoms with Gasteiger partial charge in [-0.1, -0.05) is 18.7 Å². The summed E-state index contributed by atoms with van der Waals surface area (Å²) in [7, 11) is 0. The molecule has 13 heavy (non-hydrogen) atoms. The van der Waals surface area contributed by atoms with Gasteiger partial charge in [0.15, 0.2) is 0 Å². The third kappa shape index (κ3) is 1.66. The summed E-state index contributed by atoms with van der Waals surface area (Å²) >= 11 is 0. The summed E-state index contributed by atoms with van der Waals surface area (Å²) in [5, 5.41) is 17.4. The monoisotopic (exact) mass is 180 g/mol. The van der Waals surface area contributed by atoms with Gasteiger partial charge in [0.1, 0.15) is 0 Å². The Morgan fingerprint density at radius 2 is 1.92 bits per heavy atom. The van der Waals surface area contributed by atoms with E-state index >= 15 is 0 Å². The summed E-state index contributed by atoms with van der Waals surface area (Å²) in [6.07, 6.45) is 3.26. The van der Waals surface area contributed by atoms with Crippen LogP contribution in [0.25, 0.3) is 0 Å². The first kappa shape index (κ1) is 9.25. The molecule has 0 spiro atoms. The number of hydrogen-bond acceptors (Lipinski definition) is 2. The Balaban J connectivity index is 3.28. The predicted molar refractivity (Wildman–Crippen MR) is 45.2 cm³/mol. The van der Waals surface area contributed by atoms with Crippen molar-refractivity contribution in [2.45, 2.75) is 6.42 Å². The van der Waals surface area contributed by atoms with Crippen LogP contribution in [0.4, 0.5) is 0 Å². The van der Waals surface area contributed by atoms with Gasteiger partial charge in [-0.05, 0) is 12.0 Å². The Kier molecular flexibility index (Phi) is 2.32. The van der Waals surface area contributed by atoms with Crippen molar-refractivity contribution in [1.82, 2.24) is 0 Å². The molecule has 0 amide bonds. The van der Waals surface area contributed by atoms with E-state index in [2.05, 4.69) is 6.58 Å². The van der Waals surface area contributed by atoms with Crippen LogP contribution in [-0.4, -0.2) is 22.2 Å². The average molecular weight is 180 g/mol. The largest absolute Gasteiger partial charge is 0.478 e. The van der Waals surface area contributed by atoms with Gasteiger partial charge in [-0.15, -0.1) is 0 Å². The highest BCUT2D eigenvalue weighted by atomic mass is 16.4. The van der Waals surface area contributed by atoms with Crippen LogP contribution in [0.15, 0.2) is 35.5 Å². The molecule has 0 aromatic rings. The molecule has 0 fully saturated rings. The third-order valence-electron chi connectivity index (χ3n) is 1.72. The van der Waals surface area contributed by atoms with Crippen LogP contribution in [0.1, 0.15) is 6.42 Å². The zero-order valence-electron chi connectivity index (χ0n) is 6.78. The minimum Gasteiger partial charge on any atom is -0.478 e. The lowest BCUT2D eigenvalue weighted by Gasteiger charge is -2.11. The van der Waals surface area contributed by atoms with Crippen molar-refractivity contribution in [3.8, 4) is 0 Å². The van der Waals surface area contributed by atoms with E-state index in [1.165, 1.54) is 6.08 Å². The smallest absolute Gasteiger partial charge is 0.336 e. The first-order valence-corrected chi connectivity index (χ1v) is 3.59. The van der Waals surface area contributed by atoms with Gasteiger partial charge in [0, 0.05) is 0 Å². The van der Waals surface area contributed by atoms with Crippen LogP contribution < -0.4 is 0 Å².